The SMILES string of the molecule is c1ccc(-c2ccc3ccc4c(-c5ccc(-n6c(-c7ccccc7)nnc6-c6ccccc6)cc5)ccc5ccc2c3c54)cc1. The highest BCUT2D eigenvalue weighted by Gasteiger charge is 2.18. The zero-order chi connectivity index (χ0) is 29.7. The lowest BCUT2D eigenvalue weighted by Gasteiger charge is -2.17. The predicted octanol–water partition coefficient (Wildman–Crippen LogP) is 10.8. The summed E-state index contributed by atoms with van der Waals surface area (Å²) in [5, 5.41) is 17.0. The zero-order valence-electron chi connectivity index (χ0n) is 24.4. The maximum Gasteiger partial charge on any atom is 0.168 e. The fourth-order valence-corrected chi connectivity index (χ4v) is 6.79. The second-order valence-corrected chi connectivity index (χ2v) is 11.5. The van der Waals surface area contributed by atoms with Gasteiger partial charge in [0.25, 0.3) is 0 Å². The molecule has 0 unspecified atom stereocenters. The Labute approximate surface area is 261 Å². The summed E-state index contributed by atoms with van der Waals surface area (Å²) in [6.45, 7) is 0. The summed E-state index contributed by atoms with van der Waals surface area (Å²) in [6.07, 6.45) is 0. The van der Waals surface area contributed by atoms with E-state index in [1.54, 1.807) is 0 Å². The van der Waals surface area contributed by atoms with Crippen LogP contribution < -0.4 is 0 Å². The fourth-order valence-electron chi connectivity index (χ4n) is 6.79. The van der Waals surface area contributed by atoms with Gasteiger partial charge in [-0.1, -0.05) is 152 Å². The van der Waals surface area contributed by atoms with Crippen LogP contribution in [-0.4, -0.2) is 14.8 Å². The number of aromatic nitrogens is 3. The first-order chi connectivity index (χ1) is 22.3. The summed E-state index contributed by atoms with van der Waals surface area (Å²) in [4.78, 5) is 0. The van der Waals surface area contributed by atoms with Crippen molar-refractivity contribution in [3.05, 3.63) is 164 Å². The van der Waals surface area contributed by atoms with Gasteiger partial charge in [-0.3, -0.25) is 4.57 Å². The smallest absolute Gasteiger partial charge is 0.168 e. The lowest BCUT2D eigenvalue weighted by molar-refractivity contribution is 1.07. The molecule has 0 atom stereocenters. The molecule has 9 aromatic rings. The van der Waals surface area contributed by atoms with E-state index in [4.69, 9.17) is 0 Å². The quantitative estimate of drug-likeness (QED) is 0.192. The van der Waals surface area contributed by atoms with Crippen LogP contribution in [0.15, 0.2) is 164 Å². The maximum atomic E-state index is 4.65. The monoisotopic (exact) mass is 573 g/mol. The topological polar surface area (TPSA) is 30.7 Å². The van der Waals surface area contributed by atoms with Gasteiger partial charge in [0, 0.05) is 16.8 Å². The Bertz CT molecular complexity index is 2390. The molecule has 0 saturated carbocycles. The van der Waals surface area contributed by atoms with Crippen LogP contribution in [0.3, 0.4) is 0 Å². The molecule has 1 heterocycles. The number of nitrogens with zero attached hydrogens (tertiary/aromatic N) is 3. The van der Waals surface area contributed by atoms with Crippen LogP contribution in [-0.2, 0) is 0 Å². The minimum Gasteiger partial charge on any atom is -0.275 e. The Hall–Kier alpha value is -6.06. The molecular formula is C42H27N3. The molecule has 3 nitrogen and oxygen atoms in total. The Morgan fingerprint density at radius 3 is 1.20 bits per heavy atom. The van der Waals surface area contributed by atoms with Gasteiger partial charge in [-0.05, 0) is 66.7 Å². The van der Waals surface area contributed by atoms with E-state index in [1.807, 2.05) is 36.4 Å². The molecule has 0 bridgehead atoms. The van der Waals surface area contributed by atoms with E-state index in [1.165, 1.54) is 54.6 Å². The molecule has 0 radical (unpaired) electrons. The highest BCUT2D eigenvalue weighted by molar-refractivity contribution is 6.27. The minimum atomic E-state index is 0.819. The number of hydrogen-bond donors (Lipinski definition) is 0. The Morgan fingerprint density at radius 1 is 0.333 bits per heavy atom. The molecule has 1 aromatic heterocycles. The van der Waals surface area contributed by atoms with E-state index in [2.05, 4.69) is 142 Å². The van der Waals surface area contributed by atoms with Crippen LogP contribution in [0.1, 0.15) is 0 Å². The third kappa shape index (κ3) is 4.13. The molecule has 0 aliphatic heterocycles. The van der Waals surface area contributed by atoms with Gasteiger partial charge in [0.1, 0.15) is 0 Å². The van der Waals surface area contributed by atoms with Crippen molar-refractivity contribution in [2.45, 2.75) is 0 Å². The fraction of sp³-hybridized carbons (Fsp3) is 0. The molecule has 0 spiro atoms. The van der Waals surface area contributed by atoms with E-state index in [9.17, 15) is 0 Å². The van der Waals surface area contributed by atoms with E-state index in [-0.39, 0.29) is 0 Å². The summed E-state index contributed by atoms with van der Waals surface area (Å²) in [5.41, 5.74) is 7.98. The molecule has 210 valence electrons. The molecule has 0 fully saturated rings. The third-order valence-corrected chi connectivity index (χ3v) is 8.91. The molecule has 0 amide bonds. The first-order valence-electron chi connectivity index (χ1n) is 15.3. The van der Waals surface area contributed by atoms with Gasteiger partial charge >= 0.3 is 0 Å². The van der Waals surface area contributed by atoms with E-state index < -0.39 is 0 Å². The molecule has 0 aliphatic carbocycles. The van der Waals surface area contributed by atoms with Crippen molar-refractivity contribution in [1.82, 2.24) is 14.8 Å². The van der Waals surface area contributed by atoms with Crippen LogP contribution in [0.2, 0.25) is 0 Å². The number of rotatable bonds is 5. The van der Waals surface area contributed by atoms with Gasteiger partial charge in [0.15, 0.2) is 11.6 Å². The highest BCUT2D eigenvalue weighted by atomic mass is 15.3. The third-order valence-electron chi connectivity index (χ3n) is 8.91. The van der Waals surface area contributed by atoms with E-state index >= 15 is 0 Å². The van der Waals surface area contributed by atoms with Crippen LogP contribution in [0.25, 0.3) is 83.0 Å². The number of hydrogen-bond acceptors (Lipinski definition) is 2. The van der Waals surface area contributed by atoms with Crippen LogP contribution in [0.5, 0.6) is 0 Å². The largest absolute Gasteiger partial charge is 0.275 e. The molecule has 0 saturated heterocycles. The average molecular weight is 574 g/mol. The van der Waals surface area contributed by atoms with Gasteiger partial charge < -0.3 is 0 Å². The Kier molecular flexibility index (Phi) is 5.82. The molecule has 8 aromatic carbocycles. The highest BCUT2D eigenvalue weighted by Crippen LogP contribution is 2.42. The van der Waals surface area contributed by atoms with E-state index in [0.29, 0.717) is 0 Å². The standard InChI is InChI=1S/C42H27N3/c1-4-10-28(11-5-1)35-24-18-30-21-27-38-36(25-19-31-20-26-37(35)39(30)40(31)38)29-16-22-34(23-17-29)45-41(32-12-6-2-7-13-32)43-44-42(45)33-14-8-3-9-15-33/h1-27H. The van der Waals surface area contributed by atoms with Gasteiger partial charge in [-0.15, -0.1) is 10.2 Å². The van der Waals surface area contributed by atoms with Crippen molar-refractivity contribution >= 4 is 32.3 Å². The lowest BCUT2D eigenvalue weighted by Crippen LogP contribution is -2.00. The van der Waals surface area contributed by atoms with Crippen LogP contribution >= 0.6 is 0 Å². The van der Waals surface area contributed by atoms with Crippen molar-refractivity contribution in [3.8, 4) is 50.7 Å². The molecule has 0 N–H and O–H groups in total. The minimum absolute atomic E-state index is 0.819. The first-order valence-corrected chi connectivity index (χ1v) is 15.3. The van der Waals surface area contributed by atoms with Gasteiger partial charge in [0.2, 0.25) is 0 Å². The van der Waals surface area contributed by atoms with Crippen LogP contribution in [0, 0.1) is 0 Å². The maximum absolute atomic E-state index is 4.65. The van der Waals surface area contributed by atoms with Gasteiger partial charge in [-0.2, -0.15) is 0 Å². The second-order valence-electron chi connectivity index (χ2n) is 11.5. The summed E-state index contributed by atoms with van der Waals surface area (Å²) >= 11 is 0. The van der Waals surface area contributed by atoms with Gasteiger partial charge in [0.05, 0.1) is 0 Å². The zero-order valence-corrected chi connectivity index (χ0v) is 24.4. The molecule has 9 rings (SSSR count). The average Bonchev–Trinajstić information content (AvgIpc) is 3.57. The van der Waals surface area contributed by atoms with Crippen molar-refractivity contribution < 1.29 is 0 Å². The first kappa shape index (κ1) is 25.4. The van der Waals surface area contributed by atoms with Crippen molar-refractivity contribution in [2.75, 3.05) is 0 Å². The number of benzene rings is 8. The normalized spacial score (nSPS) is 11.6. The molecule has 0 aliphatic rings. The lowest BCUT2D eigenvalue weighted by atomic mass is 9.87. The second kappa shape index (κ2) is 10.3. The predicted molar refractivity (Wildman–Crippen MR) is 187 cm³/mol. The van der Waals surface area contributed by atoms with Crippen molar-refractivity contribution in [3.63, 3.8) is 0 Å². The molecule has 3 heteroatoms. The summed E-state index contributed by atoms with van der Waals surface area (Å²) in [5.74, 6) is 1.64. The summed E-state index contributed by atoms with van der Waals surface area (Å²) in [7, 11) is 0. The summed E-state index contributed by atoms with van der Waals surface area (Å²) in [6, 6.07) is 58.2. The van der Waals surface area contributed by atoms with Gasteiger partial charge in [-0.25, -0.2) is 0 Å². The Balaban J connectivity index is 1.20. The van der Waals surface area contributed by atoms with Crippen LogP contribution in [0.4, 0.5) is 0 Å². The summed E-state index contributed by atoms with van der Waals surface area (Å²) < 4.78 is 2.16. The van der Waals surface area contributed by atoms with Crippen molar-refractivity contribution in [2.24, 2.45) is 0 Å². The van der Waals surface area contributed by atoms with Crippen molar-refractivity contribution in [1.29, 1.82) is 0 Å². The Morgan fingerprint density at radius 2 is 0.733 bits per heavy atom. The van der Waals surface area contributed by atoms with E-state index in [0.717, 1.165) is 28.5 Å². The molecule has 45 heavy (non-hydrogen) atoms. The molecular weight excluding hydrogens is 546 g/mol.